The Morgan fingerprint density at radius 2 is 1.79 bits per heavy atom. The molecule has 0 aliphatic carbocycles. The van der Waals surface area contributed by atoms with E-state index in [0.717, 1.165) is 5.56 Å². The zero-order valence-corrected chi connectivity index (χ0v) is 16.6. The van der Waals surface area contributed by atoms with Crippen molar-refractivity contribution in [2.75, 3.05) is 5.32 Å². The molecule has 3 rings (SSSR count). The van der Waals surface area contributed by atoms with Crippen molar-refractivity contribution in [1.29, 1.82) is 0 Å². The van der Waals surface area contributed by atoms with Crippen LogP contribution in [0.1, 0.15) is 34.2 Å². The zero-order chi connectivity index (χ0) is 20.3. The third kappa shape index (κ3) is 4.40. The third-order valence-electron chi connectivity index (χ3n) is 4.25. The number of carbonyl (C=O) groups excluding carboxylic acids is 2. The molecule has 7 heteroatoms. The summed E-state index contributed by atoms with van der Waals surface area (Å²) in [6, 6.07) is 14.1. The molecule has 0 fully saturated rings. The number of anilines is 1. The maximum atomic E-state index is 12.7. The van der Waals surface area contributed by atoms with Crippen molar-refractivity contribution in [3.8, 4) is 5.75 Å². The Labute approximate surface area is 168 Å². The van der Waals surface area contributed by atoms with E-state index in [-0.39, 0.29) is 5.91 Å². The van der Waals surface area contributed by atoms with Gasteiger partial charge in [-0.05, 0) is 49.7 Å². The molecule has 28 heavy (non-hydrogen) atoms. The number of carbonyl (C=O) groups is 2. The standard InChI is InChI=1S/C21H20ClN3O3/c1-13-20(14(2)25(24-13)12-16-6-4-5-7-19(16)22)21(27)28-18-10-8-17(9-11-18)23-15(3)26/h4-11H,12H2,1-3H3,(H,23,26). The van der Waals surface area contributed by atoms with E-state index >= 15 is 0 Å². The number of aromatic nitrogens is 2. The van der Waals surface area contributed by atoms with Crippen LogP contribution in [0.2, 0.25) is 5.02 Å². The van der Waals surface area contributed by atoms with Crippen molar-refractivity contribution >= 4 is 29.2 Å². The van der Waals surface area contributed by atoms with Crippen LogP contribution in [0.4, 0.5) is 5.69 Å². The molecule has 0 spiro atoms. The fourth-order valence-electron chi connectivity index (χ4n) is 2.90. The van der Waals surface area contributed by atoms with Gasteiger partial charge in [-0.15, -0.1) is 0 Å². The third-order valence-corrected chi connectivity index (χ3v) is 4.62. The lowest BCUT2D eigenvalue weighted by Gasteiger charge is -2.08. The van der Waals surface area contributed by atoms with E-state index in [1.807, 2.05) is 31.2 Å². The van der Waals surface area contributed by atoms with E-state index < -0.39 is 5.97 Å². The molecule has 3 aromatic rings. The van der Waals surface area contributed by atoms with Gasteiger partial charge in [0.05, 0.1) is 17.9 Å². The lowest BCUT2D eigenvalue weighted by Crippen LogP contribution is -2.12. The summed E-state index contributed by atoms with van der Waals surface area (Å²) >= 11 is 6.23. The summed E-state index contributed by atoms with van der Waals surface area (Å²) in [4.78, 5) is 23.8. The summed E-state index contributed by atoms with van der Waals surface area (Å²) in [6.45, 7) is 5.49. The highest BCUT2D eigenvalue weighted by molar-refractivity contribution is 6.31. The molecule has 0 saturated carbocycles. The van der Waals surface area contributed by atoms with Crippen molar-refractivity contribution in [2.24, 2.45) is 0 Å². The van der Waals surface area contributed by atoms with Gasteiger partial charge in [0, 0.05) is 17.6 Å². The second kappa shape index (κ2) is 8.27. The number of hydrogen-bond donors (Lipinski definition) is 1. The fraction of sp³-hybridized carbons (Fsp3) is 0.190. The molecule has 144 valence electrons. The Hall–Kier alpha value is -3.12. The second-order valence-corrected chi connectivity index (χ2v) is 6.80. The quantitative estimate of drug-likeness (QED) is 0.512. The number of nitrogens with one attached hydrogen (secondary N) is 1. The van der Waals surface area contributed by atoms with Crippen molar-refractivity contribution in [3.63, 3.8) is 0 Å². The first-order valence-electron chi connectivity index (χ1n) is 8.72. The van der Waals surface area contributed by atoms with Crippen LogP contribution in [0.15, 0.2) is 48.5 Å². The number of rotatable bonds is 5. The second-order valence-electron chi connectivity index (χ2n) is 6.39. The highest BCUT2D eigenvalue weighted by atomic mass is 35.5. The molecule has 6 nitrogen and oxygen atoms in total. The van der Waals surface area contributed by atoms with Crippen LogP contribution >= 0.6 is 11.6 Å². The van der Waals surface area contributed by atoms with Crippen molar-refractivity contribution < 1.29 is 14.3 Å². The summed E-state index contributed by atoms with van der Waals surface area (Å²) < 4.78 is 7.22. The van der Waals surface area contributed by atoms with Gasteiger partial charge in [-0.2, -0.15) is 5.10 Å². The summed E-state index contributed by atoms with van der Waals surface area (Å²) in [5.74, 6) is -0.258. The summed E-state index contributed by atoms with van der Waals surface area (Å²) in [5.41, 5.74) is 3.27. The monoisotopic (exact) mass is 397 g/mol. The Bertz CT molecular complexity index is 1030. The Morgan fingerprint density at radius 1 is 1.11 bits per heavy atom. The molecular formula is C21H20ClN3O3. The lowest BCUT2D eigenvalue weighted by molar-refractivity contribution is -0.114. The van der Waals surface area contributed by atoms with Crippen LogP contribution in [0, 0.1) is 13.8 Å². The number of nitrogens with zero attached hydrogens (tertiary/aromatic N) is 2. The first-order chi connectivity index (χ1) is 13.3. The minimum atomic E-state index is -0.479. The molecule has 0 unspecified atom stereocenters. The summed E-state index contributed by atoms with van der Waals surface area (Å²) in [5, 5.41) is 7.78. The van der Waals surface area contributed by atoms with Gasteiger partial charge in [-0.25, -0.2) is 4.79 Å². The number of ether oxygens (including phenoxy) is 1. The minimum absolute atomic E-state index is 0.165. The summed E-state index contributed by atoms with van der Waals surface area (Å²) in [7, 11) is 0. The van der Waals surface area contributed by atoms with Crippen LogP contribution in [0.5, 0.6) is 5.75 Å². The molecule has 1 heterocycles. The van der Waals surface area contributed by atoms with Crippen molar-refractivity contribution in [1.82, 2.24) is 9.78 Å². The first kappa shape index (κ1) is 19.6. The van der Waals surface area contributed by atoms with Gasteiger partial charge >= 0.3 is 5.97 Å². The SMILES string of the molecule is CC(=O)Nc1ccc(OC(=O)c2c(C)nn(Cc3ccccc3Cl)c2C)cc1. The average molecular weight is 398 g/mol. The van der Waals surface area contributed by atoms with E-state index in [4.69, 9.17) is 16.3 Å². The highest BCUT2D eigenvalue weighted by Gasteiger charge is 2.21. The predicted molar refractivity (Wildman–Crippen MR) is 108 cm³/mol. The van der Waals surface area contributed by atoms with Crippen molar-refractivity contribution in [3.05, 3.63) is 76.1 Å². The predicted octanol–water partition coefficient (Wildman–Crippen LogP) is 4.38. The number of halogens is 1. The van der Waals surface area contributed by atoms with Gasteiger partial charge in [0.25, 0.3) is 0 Å². The Balaban J connectivity index is 1.78. The zero-order valence-electron chi connectivity index (χ0n) is 15.8. The lowest BCUT2D eigenvalue weighted by atomic mass is 10.2. The molecule has 0 aliphatic heterocycles. The van der Waals surface area contributed by atoms with Gasteiger partial charge in [-0.1, -0.05) is 29.8 Å². The molecule has 1 aromatic heterocycles. The first-order valence-corrected chi connectivity index (χ1v) is 9.10. The molecule has 1 amide bonds. The molecule has 0 radical (unpaired) electrons. The Morgan fingerprint density at radius 3 is 2.43 bits per heavy atom. The molecule has 1 N–H and O–H groups in total. The normalized spacial score (nSPS) is 10.6. The molecule has 0 aliphatic rings. The highest BCUT2D eigenvalue weighted by Crippen LogP contribution is 2.22. The van der Waals surface area contributed by atoms with Gasteiger partial charge < -0.3 is 10.1 Å². The van der Waals surface area contributed by atoms with Gasteiger partial charge in [0.2, 0.25) is 5.91 Å². The number of amides is 1. The maximum absolute atomic E-state index is 12.7. The van der Waals surface area contributed by atoms with E-state index in [0.29, 0.717) is 40.0 Å². The molecule has 0 atom stereocenters. The molecule has 0 bridgehead atoms. The summed E-state index contributed by atoms with van der Waals surface area (Å²) in [6.07, 6.45) is 0. The number of aryl methyl sites for hydroxylation is 1. The van der Waals surface area contributed by atoms with Gasteiger partial charge in [0.15, 0.2) is 0 Å². The van der Waals surface area contributed by atoms with Gasteiger partial charge in [0.1, 0.15) is 11.3 Å². The number of benzene rings is 2. The van der Waals surface area contributed by atoms with E-state index in [9.17, 15) is 9.59 Å². The largest absolute Gasteiger partial charge is 0.423 e. The van der Waals surface area contributed by atoms with Crippen LogP contribution < -0.4 is 10.1 Å². The van der Waals surface area contributed by atoms with Crippen LogP contribution in [0.25, 0.3) is 0 Å². The molecular weight excluding hydrogens is 378 g/mol. The van der Waals surface area contributed by atoms with Crippen LogP contribution in [-0.4, -0.2) is 21.7 Å². The molecule has 0 saturated heterocycles. The van der Waals surface area contributed by atoms with Crippen LogP contribution in [0.3, 0.4) is 0 Å². The van der Waals surface area contributed by atoms with E-state index in [1.165, 1.54) is 6.92 Å². The fourth-order valence-corrected chi connectivity index (χ4v) is 3.10. The number of esters is 1. The smallest absolute Gasteiger partial charge is 0.347 e. The van der Waals surface area contributed by atoms with Crippen LogP contribution in [-0.2, 0) is 11.3 Å². The topological polar surface area (TPSA) is 73.2 Å². The maximum Gasteiger partial charge on any atom is 0.347 e. The van der Waals surface area contributed by atoms with E-state index in [1.54, 1.807) is 35.9 Å². The van der Waals surface area contributed by atoms with E-state index in [2.05, 4.69) is 10.4 Å². The number of hydrogen-bond acceptors (Lipinski definition) is 4. The Kier molecular flexibility index (Phi) is 5.80. The molecule has 2 aromatic carbocycles. The minimum Gasteiger partial charge on any atom is -0.423 e. The van der Waals surface area contributed by atoms with Gasteiger partial charge in [-0.3, -0.25) is 9.48 Å². The average Bonchev–Trinajstić information content (AvgIpc) is 2.92. The van der Waals surface area contributed by atoms with Crippen molar-refractivity contribution in [2.45, 2.75) is 27.3 Å².